The van der Waals surface area contributed by atoms with Crippen LogP contribution >= 0.6 is 0 Å². The number of carbonyl (C=O) groups excluding carboxylic acids is 1. The first-order chi connectivity index (χ1) is 10.7. The van der Waals surface area contributed by atoms with E-state index in [0.29, 0.717) is 17.6 Å². The van der Waals surface area contributed by atoms with Crippen LogP contribution in [0.1, 0.15) is 62.2 Å². The van der Waals surface area contributed by atoms with Gasteiger partial charge in [-0.3, -0.25) is 4.79 Å². The molecule has 0 aromatic carbocycles. The van der Waals surface area contributed by atoms with Crippen LogP contribution in [-0.2, 0) is 0 Å². The number of hydrogen-bond donors (Lipinski definition) is 1. The summed E-state index contributed by atoms with van der Waals surface area (Å²) in [7, 11) is 0. The Morgan fingerprint density at radius 3 is 2.36 bits per heavy atom. The zero-order valence-electron chi connectivity index (χ0n) is 13.4. The zero-order chi connectivity index (χ0) is 15.4. The molecule has 0 bridgehead atoms. The lowest BCUT2D eigenvalue weighted by Crippen LogP contribution is -2.38. The second-order valence-corrected chi connectivity index (χ2v) is 6.75. The van der Waals surface area contributed by atoms with Crippen LogP contribution in [0.4, 0.5) is 5.95 Å². The highest BCUT2D eigenvalue weighted by Gasteiger charge is 2.22. The van der Waals surface area contributed by atoms with Gasteiger partial charge in [0.15, 0.2) is 0 Å². The summed E-state index contributed by atoms with van der Waals surface area (Å²) in [6.07, 6.45) is 11.8. The lowest BCUT2D eigenvalue weighted by atomic mass is 9.96. The number of nitrogens with zero attached hydrogens (tertiary/aromatic N) is 3. The minimum absolute atomic E-state index is 0.0658. The minimum atomic E-state index is 0.0658. The van der Waals surface area contributed by atoms with E-state index in [9.17, 15) is 4.79 Å². The smallest absolute Gasteiger partial charge is 0.256 e. The summed E-state index contributed by atoms with van der Waals surface area (Å²) in [4.78, 5) is 23.0. The van der Waals surface area contributed by atoms with Crippen molar-refractivity contribution < 1.29 is 4.79 Å². The predicted molar refractivity (Wildman–Crippen MR) is 86.8 cm³/mol. The van der Waals surface area contributed by atoms with Crippen LogP contribution in [0.25, 0.3) is 0 Å². The van der Waals surface area contributed by atoms with Gasteiger partial charge < -0.3 is 10.2 Å². The van der Waals surface area contributed by atoms with Crippen LogP contribution < -0.4 is 5.32 Å². The van der Waals surface area contributed by atoms with E-state index in [1.807, 2.05) is 4.90 Å². The van der Waals surface area contributed by atoms with Gasteiger partial charge >= 0.3 is 0 Å². The van der Waals surface area contributed by atoms with Crippen LogP contribution in [0, 0.1) is 5.92 Å². The van der Waals surface area contributed by atoms with Crippen LogP contribution in [0.15, 0.2) is 12.4 Å². The third kappa shape index (κ3) is 3.76. The molecule has 0 unspecified atom stereocenters. The Balaban J connectivity index is 1.57. The molecule has 1 saturated heterocycles. The molecule has 3 rings (SSSR count). The average Bonchev–Trinajstić information content (AvgIpc) is 2.57. The summed E-state index contributed by atoms with van der Waals surface area (Å²) in [6, 6.07) is 0.485. The molecule has 2 fully saturated rings. The normalized spacial score (nSPS) is 20.9. The van der Waals surface area contributed by atoms with E-state index >= 15 is 0 Å². The largest absolute Gasteiger partial charge is 0.351 e. The standard InChI is InChI=1S/C17H26N4O/c1-13-7-9-21(10-8-13)16(22)14-11-18-17(19-12-14)20-15-5-3-2-4-6-15/h11-13,15H,2-10H2,1H3,(H,18,19,20). The zero-order valence-corrected chi connectivity index (χ0v) is 13.4. The quantitative estimate of drug-likeness (QED) is 0.932. The highest BCUT2D eigenvalue weighted by Crippen LogP contribution is 2.21. The number of aromatic nitrogens is 2. The van der Waals surface area contributed by atoms with Gasteiger partial charge in [0.05, 0.1) is 5.56 Å². The summed E-state index contributed by atoms with van der Waals surface area (Å²) < 4.78 is 0. The fourth-order valence-corrected chi connectivity index (χ4v) is 3.34. The van der Waals surface area contributed by atoms with Gasteiger partial charge in [-0.25, -0.2) is 9.97 Å². The molecule has 1 aromatic heterocycles. The average molecular weight is 302 g/mol. The lowest BCUT2D eigenvalue weighted by Gasteiger charge is -2.30. The van der Waals surface area contributed by atoms with Crippen molar-refractivity contribution in [2.24, 2.45) is 5.92 Å². The molecular formula is C17H26N4O. The Kier molecular flexibility index (Phi) is 4.90. The van der Waals surface area contributed by atoms with Crippen molar-refractivity contribution in [1.82, 2.24) is 14.9 Å². The Bertz CT molecular complexity index is 488. The summed E-state index contributed by atoms with van der Waals surface area (Å²) >= 11 is 0. The van der Waals surface area contributed by atoms with E-state index in [1.54, 1.807) is 12.4 Å². The van der Waals surface area contributed by atoms with Crippen LogP contribution in [0.5, 0.6) is 0 Å². The van der Waals surface area contributed by atoms with Crippen molar-refractivity contribution in [3.63, 3.8) is 0 Å². The maximum Gasteiger partial charge on any atom is 0.256 e. The Morgan fingerprint density at radius 2 is 1.73 bits per heavy atom. The number of hydrogen-bond acceptors (Lipinski definition) is 4. The third-order valence-electron chi connectivity index (χ3n) is 4.91. The molecule has 22 heavy (non-hydrogen) atoms. The van der Waals surface area contributed by atoms with E-state index < -0.39 is 0 Å². The van der Waals surface area contributed by atoms with E-state index in [2.05, 4.69) is 22.2 Å². The van der Waals surface area contributed by atoms with E-state index in [1.165, 1.54) is 32.1 Å². The van der Waals surface area contributed by atoms with Crippen molar-refractivity contribution in [3.8, 4) is 0 Å². The van der Waals surface area contributed by atoms with Gasteiger partial charge in [0.1, 0.15) is 0 Å². The molecule has 120 valence electrons. The molecule has 0 radical (unpaired) electrons. The molecule has 5 heteroatoms. The molecule has 1 aromatic rings. The van der Waals surface area contributed by atoms with E-state index in [-0.39, 0.29) is 5.91 Å². The first kappa shape index (κ1) is 15.3. The first-order valence-electron chi connectivity index (χ1n) is 8.60. The maximum absolute atomic E-state index is 12.4. The van der Waals surface area contributed by atoms with Gasteiger partial charge in [0.2, 0.25) is 5.95 Å². The van der Waals surface area contributed by atoms with E-state index in [0.717, 1.165) is 31.8 Å². The number of likely N-dealkylation sites (tertiary alicyclic amines) is 1. The number of rotatable bonds is 3. The summed E-state index contributed by atoms with van der Waals surface area (Å²) in [5, 5.41) is 3.39. The van der Waals surface area contributed by atoms with Gasteiger partial charge in [0.25, 0.3) is 5.91 Å². The van der Waals surface area contributed by atoms with Crippen LogP contribution in [0.3, 0.4) is 0 Å². The molecule has 0 atom stereocenters. The third-order valence-corrected chi connectivity index (χ3v) is 4.91. The number of amides is 1. The Labute approximate surface area is 132 Å². The number of piperidine rings is 1. The molecule has 1 N–H and O–H groups in total. The molecule has 2 heterocycles. The fourth-order valence-electron chi connectivity index (χ4n) is 3.34. The first-order valence-corrected chi connectivity index (χ1v) is 8.60. The van der Waals surface area contributed by atoms with Gasteiger partial charge in [-0.1, -0.05) is 26.2 Å². The monoisotopic (exact) mass is 302 g/mol. The number of nitrogens with one attached hydrogen (secondary N) is 1. The lowest BCUT2D eigenvalue weighted by molar-refractivity contribution is 0.0696. The summed E-state index contributed by atoms with van der Waals surface area (Å²) in [6.45, 7) is 3.95. The van der Waals surface area contributed by atoms with Crippen molar-refractivity contribution in [2.45, 2.75) is 57.9 Å². The SMILES string of the molecule is CC1CCN(C(=O)c2cnc(NC3CCCCC3)nc2)CC1. The molecule has 1 aliphatic heterocycles. The van der Waals surface area contributed by atoms with Gasteiger partial charge in [-0.2, -0.15) is 0 Å². The Hall–Kier alpha value is -1.65. The molecule has 5 nitrogen and oxygen atoms in total. The highest BCUT2D eigenvalue weighted by molar-refractivity contribution is 5.93. The summed E-state index contributed by atoms with van der Waals surface area (Å²) in [5.41, 5.74) is 0.601. The maximum atomic E-state index is 12.4. The van der Waals surface area contributed by atoms with Crippen LogP contribution in [0.2, 0.25) is 0 Å². The van der Waals surface area contributed by atoms with Crippen molar-refractivity contribution in [3.05, 3.63) is 18.0 Å². The van der Waals surface area contributed by atoms with Crippen molar-refractivity contribution in [1.29, 1.82) is 0 Å². The number of carbonyl (C=O) groups is 1. The van der Waals surface area contributed by atoms with E-state index in [4.69, 9.17) is 0 Å². The Morgan fingerprint density at radius 1 is 1.09 bits per heavy atom. The van der Waals surface area contributed by atoms with Gasteiger partial charge in [0, 0.05) is 31.5 Å². The van der Waals surface area contributed by atoms with Crippen molar-refractivity contribution >= 4 is 11.9 Å². The molecule has 1 saturated carbocycles. The van der Waals surface area contributed by atoms with Gasteiger partial charge in [-0.05, 0) is 31.6 Å². The highest BCUT2D eigenvalue weighted by atomic mass is 16.2. The molecule has 1 aliphatic carbocycles. The molecule has 1 amide bonds. The minimum Gasteiger partial charge on any atom is -0.351 e. The predicted octanol–water partition coefficient (Wildman–Crippen LogP) is 3.09. The van der Waals surface area contributed by atoms with Crippen LogP contribution in [-0.4, -0.2) is 39.9 Å². The molecule has 2 aliphatic rings. The van der Waals surface area contributed by atoms with Gasteiger partial charge in [-0.15, -0.1) is 0 Å². The second-order valence-electron chi connectivity index (χ2n) is 6.75. The number of anilines is 1. The van der Waals surface area contributed by atoms with Crippen molar-refractivity contribution in [2.75, 3.05) is 18.4 Å². The second kappa shape index (κ2) is 7.07. The molecule has 0 spiro atoms. The molecular weight excluding hydrogens is 276 g/mol. The summed E-state index contributed by atoms with van der Waals surface area (Å²) in [5.74, 6) is 1.44. The topological polar surface area (TPSA) is 58.1 Å². The fraction of sp³-hybridized carbons (Fsp3) is 0.706.